The number of carbonyl (C=O) groups excluding carboxylic acids is 1. The van der Waals surface area contributed by atoms with Gasteiger partial charge in [0.05, 0.1) is 4.90 Å². The van der Waals surface area contributed by atoms with E-state index < -0.39 is 15.9 Å². The van der Waals surface area contributed by atoms with Crippen LogP contribution in [-0.2, 0) is 17.1 Å². The van der Waals surface area contributed by atoms with E-state index in [0.29, 0.717) is 11.5 Å². The maximum atomic E-state index is 12.6. The Morgan fingerprint density at radius 1 is 1.11 bits per heavy atom. The van der Waals surface area contributed by atoms with Crippen molar-refractivity contribution in [3.8, 4) is 11.4 Å². The van der Waals surface area contributed by atoms with Crippen molar-refractivity contribution in [3.63, 3.8) is 0 Å². The number of nitrogens with zero attached hydrogens (tertiary/aromatic N) is 4. The highest BCUT2D eigenvalue weighted by Gasteiger charge is 2.17. The van der Waals surface area contributed by atoms with Gasteiger partial charge in [-0.05, 0) is 54.6 Å². The van der Waals surface area contributed by atoms with Gasteiger partial charge in [0.1, 0.15) is 0 Å². The second-order valence-electron chi connectivity index (χ2n) is 6.46. The van der Waals surface area contributed by atoms with Crippen LogP contribution in [0.25, 0.3) is 11.4 Å². The molecule has 0 spiro atoms. The van der Waals surface area contributed by atoms with Gasteiger partial charge in [0, 0.05) is 29.9 Å². The highest BCUT2D eigenvalue weighted by atomic mass is 32.2. The van der Waals surface area contributed by atoms with Crippen LogP contribution in [0.3, 0.4) is 0 Å². The lowest BCUT2D eigenvalue weighted by atomic mass is 10.1. The summed E-state index contributed by atoms with van der Waals surface area (Å²) in [6, 6.07) is 12.7. The normalized spacial score (nSPS) is 11.6. The molecule has 1 aromatic heterocycles. The van der Waals surface area contributed by atoms with E-state index in [4.69, 9.17) is 0 Å². The summed E-state index contributed by atoms with van der Waals surface area (Å²) in [6.45, 7) is 3.46. The van der Waals surface area contributed by atoms with Crippen LogP contribution in [0.1, 0.15) is 24.2 Å². The number of hydrogen-bond donors (Lipinski definition) is 2. The summed E-state index contributed by atoms with van der Waals surface area (Å²) in [7, 11) is -1.96. The van der Waals surface area contributed by atoms with Crippen molar-refractivity contribution in [1.29, 1.82) is 0 Å². The molecule has 0 saturated carbocycles. The summed E-state index contributed by atoms with van der Waals surface area (Å²) in [4.78, 5) is 12.6. The van der Waals surface area contributed by atoms with Crippen LogP contribution in [0.4, 0.5) is 5.69 Å². The van der Waals surface area contributed by atoms with Crippen molar-refractivity contribution >= 4 is 21.6 Å². The third-order valence-corrected chi connectivity index (χ3v) is 5.45. The molecule has 2 aromatic carbocycles. The van der Waals surface area contributed by atoms with Crippen molar-refractivity contribution < 1.29 is 13.2 Å². The van der Waals surface area contributed by atoms with Gasteiger partial charge in [-0.25, -0.2) is 17.8 Å². The minimum absolute atomic E-state index is 0.0350. The molecule has 28 heavy (non-hydrogen) atoms. The molecule has 0 unspecified atom stereocenters. The Hall–Kier alpha value is -3.11. The van der Waals surface area contributed by atoms with E-state index in [9.17, 15) is 13.2 Å². The zero-order valence-corrected chi connectivity index (χ0v) is 16.4. The highest BCUT2D eigenvalue weighted by Crippen LogP contribution is 2.20. The SMILES string of the molecule is CC(C)NS(=O)(=O)c1cccc(C(=O)Nc2cccc(-c3nnnn3C)c2)c1. The number of sulfonamides is 1. The minimum atomic E-state index is -3.68. The van der Waals surface area contributed by atoms with Crippen molar-refractivity contribution in [2.45, 2.75) is 24.8 Å². The predicted octanol–water partition coefficient (Wildman–Crippen LogP) is 1.82. The van der Waals surface area contributed by atoms with Crippen LogP contribution in [0, 0.1) is 0 Å². The van der Waals surface area contributed by atoms with Crippen molar-refractivity contribution in [3.05, 3.63) is 54.1 Å². The van der Waals surface area contributed by atoms with Crippen LogP contribution < -0.4 is 10.0 Å². The molecule has 0 bridgehead atoms. The molecule has 3 aromatic rings. The number of anilines is 1. The van der Waals surface area contributed by atoms with E-state index in [1.165, 1.54) is 22.9 Å². The predicted molar refractivity (Wildman–Crippen MR) is 104 cm³/mol. The topological polar surface area (TPSA) is 119 Å². The van der Waals surface area contributed by atoms with E-state index in [2.05, 4.69) is 25.6 Å². The Morgan fingerprint density at radius 2 is 1.86 bits per heavy atom. The summed E-state index contributed by atoms with van der Waals surface area (Å²) >= 11 is 0. The first-order valence-corrected chi connectivity index (χ1v) is 10.0. The maximum absolute atomic E-state index is 12.6. The number of aromatic nitrogens is 4. The monoisotopic (exact) mass is 400 g/mol. The molecule has 0 atom stereocenters. The van der Waals surface area contributed by atoms with Gasteiger partial charge in [-0.1, -0.05) is 18.2 Å². The Morgan fingerprint density at radius 3 is 2.54 bits per heavy atom. The lowest BCUT2D eigenvalue weighted by Crippen LogP contribution is -2.30. The van der Waals surface area contributed by atoms with Gasteiger partial charge in [0.15, 0.2) is 5.82 Å². The van der Waals surface area contributed by atoms with Crippen LogP contribution >= 0.6 is 0 Å². The number of carbonyl (C=O) groups is 1. The Balaban J connectivity index is 1.83. The fourth-order valence-corrected chi connectivity index (χ4v) is 3.89. The summed E-state index contributed by atoms with van der Waals surface area (Å²) in [5.41, 5.74) is 1.51. The number of tetrazole rings is 1. The zero-order valence-electron chi connectivity index (χ0n) is 15.6. The standard InChI is InChI=1S/C18H20N6O3S/c1-12(2)21-28(26,27)16-9-5-7-14(11-16)18(25)19-15-8-4-6-13(10-15)17-20-22-23-24(17)3/h4-12,21H,1-3H3,(H,19,25). The van der Waals surface area contributed by atoms with Gasteiger partial charge < -0.3 is 5.32 Å². The Bertz CT molecular complexity index is 1110. The summed E-state index contributed by atoms with van der Waals surface area (Å²) in [6.07, 6.45) is 0. The molecule has 146 valence electrons. The van der Waals surface area contributed by atoms with E-state index >= 15 is 0 Å². The summed E-state index contributed by atoms with van der Waals surface area (Å²) in [5.74, 6) is 0.138. The van der Waals surface area contributed by atoms with Crippen molar-refractivity contribution in [1.82, 2.24) is 24.9 Å². The average Bonchev–Trinajstić information content (AvgIpc) is 3.07. The van der Waals surface area contributed by atoms with Gasteiger partial charge in [-0.15, -0.1) is 5.10 Å². The van der Waals surface area contributed by atoms with Crippen LogP contribution in [0.5, 0.6) is 0 Å². The molecular formula is C18H20N6O3S. The lowest BCUT2D eigenvalue weighted by Gasteiger charge is -2.11. The van der Waals surface area contributed by atoms with Crippen LogP contribution in [0.15, 0.2) is 53.4 Å². The number of hydrogen-bond acceptors (Lipinski definition) is 6. The minimum Gasteiger partial charge on any atom is -0.322 e. The first kappa shape index (κ1) is 19.6. The number of amides is 1. The van der Waals surface area contributed by atoms with Gasteiger partial charge in [-0.2, -0.15) is 0 Å². The van der Waals surface area contributed by atoms with E-state index in [1.54, 1.807) is 45.2 Å². The molecule has 0 aliphatic carbocycles. The van der Waals surface area contributed by atoms with Gasteiger partial charge in [0.25, 0.3) is 5.91 Å². The quantitative estimate of drug-likeness (QED) is 0.651. The molecule has 10 heteroatoms. The lowest BCUT2D eigenvalue weighted by molar-refractivity contribution is 0.102. The fraction of sp³-hybridized carbons (Fsp3) is 0.222. The van der Waals surface area contributed by atoms with Gasteiger partial charge in [-0.3, -0.25) is 4.79 Å². The van der Waals surface area contributed by atoms with E-state index in [-0.39, 0.29) is 16.5 Å². The third kappa shape index (κ3) is 4.41. The third-order valence-electron chi connectivity index (χ3n) is 3.80. The molecule has 0 fully saturated rings. The number of rotatable bonds is 6. The summed E-state index contributed by atoms with van der Waals surface area (Å²) < 4.78 is 28.7. The first-order chi connectivity index (χ1) is 13.3. The zero-order chi connectivity index (χ0) is 20.3. The second-order valence-corrected chi connectivity index (χ2v) is 8.18. The maximum Gasteiger partial charge on any atom is 0.255 e. The second kappa shape index (κ2) is 7.87. The van der Waals surface area contributed by atoms with Crippen molar-refractivity contribution in [2.75, 3.05) is 5.32 Å². The fourth-order valence-electron chi connectivity index (χ4n) is 2.60. The Kier molecular flexibility index (Phi) is 5.52. The van der Waals surface area contributed by atoms with E-state index in [0.717, 1.165) is 5.56 Å². The van der Waals surface area contributed by atoms with Gasteiger partial charge in [0.2, 0.25) is 10.0 Å². The average molecular weight is 400 g/mol. The molecule has 0 saturated heterocycles. The molecule has 1 amide bonds. The largest absolute Gasteiger partial charge is 0.322 e. The van der Waals surface area contributed by atoms with Crippen LogP contribution in [0.2, 0.25) is 0 Å². The molecule has 3 rings (SSSR count). The molecule has 1 heterocycles. The number of nitrogens with one attached hydrogen (secondary N) is 2. The molecule has 9 nitrogen and oxygen atoms in total. The molecule has 0 aliphatic rings. The molecule has 2 N–H and O–H groups in total. The first-order valence-electron chi connectivity index (χ1n) is 8.53. The molecule has 0 radical (unpaired) electrons. The highest BCUT2D eigenvalue weighted by molar-refractivity contribution is 7.89. The summed E-state index contributed by atoms with van der Waals surface area (Å²) in [5, 5.41) is 14.1. The Labute approximate surface area is 162 Å². The smallest absolute Gasteiger partial charge is 0.255 e. The van der Waals surface area contributed by atoms with Gasteiger partial charge >= 0.3 is 0 Å². The number of benzene rings is 2. The molecular weight excluding hydrogens is 380 g/mol. The van der Waals surface area contributed by atoms with Crippen molar-refractivity contribution in [2.24, 2.45) is 7.05 Å². The van der Waals surface area contributed by atoms with Crippen LogP contribution in [-0.4, -0.2) is 40.6 Å². The number of aryl methyl sites for hydroxylation is 1. The molecule has 0 aliphatic heterocycles. The van der Waals surface area contributed by atoms with E-state index in [1.807, 2.05) is 6.07 Å².